The molecule has 0 saturated carbocycles. The molecule has 1 spiro atoms. The zero-order chi connectivity index (χ0) is 22.1. The summed E-state index contributed by atoms with van der Waals surface area (Å²) in [7, 11) is 0. The van der Waals surface area contributed by atoms with E-state index in [4.69, 9.17) is 9.47 Å². The van der Waals surface area contributed by atoms with Crippen LogP contribution in [0.25, 0.3) is 0 Å². The van der Waals surface area contributed by atoms with E-state index in [9.17, 15) is 14.4 Å². The first-order valence-electron chi connectivity index (χ1n) is 11.1. The van der Waals surface area contributed by atoms with E-state index in [2.05, 4.69) is 16.0 Å². The molecule has 32 heavy (non-hydrogen) atoms. The van der Waals surface area contributed by atoms with E-state index in [1.54, 1.807) is 4.90 Å². The normalized spacial score (nSPS) is 22.9. The van der Waals surface area contributed by atoms with Crippen LogP contribution < -0.4 is 4.90 Å². The van der Waals surface area contributed by atoms with Gasteiger partial charge in [0.2, 0.25) is 0 Å². The lowest BCUT2D eigenvalue weighted by atomic mass is 10.00. The molecule has 5 rings (SSSR count). The van der Waals surface area contributed by atoms with Crippen LogP contribution in [0.1, 0.15) is 36.4 Å². The molecule has 1 unspecified atom stereocenters. The molecule has 1 aromatic heterocycles. The van der Waals surface area contributed by atoms with Crippen LogP contribution in [0.4, 0.5) is 5.69 Å². The van der Waals surface area contributed by atoms with E-state index in [-0.39, 0.29) is 6.42 Å². The van der Waals surface area contributed by atoms with Gasteiger partial charge in [0.25, 0.3) is 0 Å². The lowest BCUT2D eigenvalue weighted by Crippen LogP contribution is -2.55. The molecule has 1 amide bonds. The molecule has 3 fully saturated rings. The number of carbonyl (C=O) groups excluding carboxylic acids is 3. The summed E-state index contributed by atoms with van der Waals surface area (Å²) in [5.41, 5.74) is 2.95. The van der Waals surface area contributed by atoms with Gasteiger partial charge in [0.05, 0.1) is 0 Å². The average molecular weight is 435 g/mol. The standard InChI is InChI=1S/C24H25N3O5/c28-21-22(29)32-24(31-21)11-5-13-27(23(24)30)20-8-2-1-6-17(20)9-14-26-15-10-18(16-26)19-7-3-4-12-25-19/h1-4,6-8,12,18H,5,9-11,13-16H2. The number of esters is 2. The summed E-state index contributed by atoms with van der Waals surface area (Å²) in [5.74, 6) is -4.08. The van der Waals surface area contributed by atoms with Gasteiger partial charge in [0.1, 0.15) is 0 Å². The van der Waals surface area contributed by atoms with Gasteiger partial charge in [0.15, 0.2) is 0 Å². The van der Waals surface area contributed by atoms with E-state index in [1.807, 2.05) is 42.6 Å². The smallest absolute Gasteiger partial charge is 0.405 e. The molecule has 2 aromatic rings. The van der Waals surface area contributed by atoms with Gasteiger partial charge in [-0.05, 0) is 49.6 Å². The van der Waals surface area contributed by atoms with Crippen molar-refractivity contribution in [2.24, 2.45) is 0 Å². The molecule has 8 nitrogen and oxygen atoms in total. The van der Waals surface area contributed by atoms with E-state index in [1.165, 1.54) is 0 Å². The number of piperidine rings is 1. The maximum atomic E-state index is 13.2. The van der Waals surface area contributed by atoms with Crippen molar-refractivity contribution < 1.29 is 23.9 Å². The van der Waals surface area contributed by atoms with Crippen LogP contribution in [-0.4, -0.2) is 59.7 Å². The SMILES string of the molecule is O=C1OC2(CCCN(c3ccccc3CCN3CCC(c4ccccn4)C3)C2=O)OC1=O. The number of aromatic nitrogens is 1. The fourth-order valence-electron chi connectivity index (χ4n) is 4.87. The van der Waals surface area contributed by atoms with Gasteiger partial charge in [-0.15, -0.1) is 0 Å². The Morgan fingerprint density at radius 1 is 1.00 bits per heavy atom. The lowest BCUT2D eigenvalue weighted by Gasteiger charge is -2.36. The molecule has 0 N–H and O–H groups in total. The first kappa shape index (κ1) is 20.6. The molecule has 8 heteroatoms. The molecule has 1 aromatic carbocycles. The van der Waals surface area contributed by atoms with Crippen LogP contribution in [-0.2, 0) is 30.3 Å². The minimum Gasteiger partial charge on any atom is -0.405 e. The van der Waals surface area contributed by atoms with Crippen molar-refractivity contribution in [2.75, 3.05) is 31.1 Å². The molecular weight excluding hydrogens is 410 g/mol. The van der Waals surface area contributed by atoms with Gasteiger partial charge in [-0.25, -0.2) is 9.59 Å². The second-order valence-corrected chi connectivity index (χ2v) is 8.51. The minimum absolute atomic E-state index is 0.185. The summed E-state index contributed by atoms with van der Waals surface area (Å²) in [5, 5.41) is 0. The highest BCUT2D eigenvalue weighted by atomic mass is 16.8. The Bertz CT molecular complexity index is 1020. The summed E-state index contributed by atoms with van der Waals surface area (Å²) in [6.07, 6.45) is 4.46. The molecular formula is C24H25N3O5. The van der Waals surface area contributed by atoms with Crippen molar-refractivity contribution in [1.29, 1.82) is 0 Å². The van der Waals surface area contributed by atoms with Crippen LogP contribution in [0.15, 0.2) is 48.7 Å². The maximum absolute atomic E-state index is 13.2. The quantitative estimate of drug-likeness (QED) is 0.524. The Hall–Kier alpha value is -3.26. The number of hydrogen-bond acceptors (Lipinski definition) is 7. The molecule has 0 bridgehead atoms. The molecule has 3 saturated heterocycles. The number of para-hydroxylation sites is 1. The number of pyridine rings is 1. The molecule has 3 aliphatic heterocycles. The Labute approximate surface area is 186 Å². The van der Waals surface area contributed by atoms with Crippen molar-refractivity contribution in [1.82, 2.24) is 9.88 Å². The first-order chi connectivity index (χ1) is 15.6. The van der Waals surface area contributed by atoms with E-state index >= 15 is 0 Å². The fraction of sp³-hybridized carbons (Fsp3) is 0.417. The van der Waals surface area contributed by atoms with Crippen molar-refractivity contribution in [3.8, 4) is 0 Å². The largest absolute Gasteiger partial charge is 0.421 e. The second kappa shape index (κ2) is 8.35. The fourth-order valence-corrected chi connectivity index (χ4v) is 4.87. The highest BCUT2D eigenvalue weighted by molar-refractivity contribution is 6.32. The second-order valence-electron chi connectivity index (χ2n) is 8.51. The highest BCUT2D eigenvalue weighted by Crippen LogP contribution is 2.36. The zero-order valence-electron chi connectivity index (χ0n) is 17.7. The van der Waals surface area contributed by atoms with Crippen LogP contribution in [0, 0.1) is 0 Å². The third-order valence-corrected chi connectivity index (χ3v) is 6.50. The summed E-state index contributed by atoms with van der Waals surface area (Å²) in [6, 6.07) is 13.8. The molecule has 166 valence electrons. The number of hydrogen-bond donors (Lipinski definition) is 0. The predicted octanol–water partition coefficient (Wildman–Crippen LogP) is 2.04. The average Bonchev–Trinajstić information content (AvgIpc) is 3.40. The Kier molecular flexibility index (Phi) is 5.38. The van der Waals surface area contributed by atoms with Gasteiger partial charge < -0.3 is 19.3 Å². The van der Waals surface area contributed by atoms with Crippen LogP contribution in [0.3, 0.4) is 0 Å². The lowest BCUT2D eigenvalue weighted by molar-refractivity contribution is -0.192. The van der Waals surface area contributed by atoms with E-state index in [0.29, 0.717) is 18.9 Å². The highest BCUT2D eigenvalue weighted by Gasteiger charge is 2.58. The van der Waals surface area contributed by atoms with Gasteiger partial charge in [0, 0.05) is 49.6 Å². The monoisotopic (exact) mass is 435 g/mol. The molecule has 3 aliphatic rings. The third-order valence-electron chi connectivity index (χ3n) is 6.50. The van der Waals surface area contributed by atoms with Crippen LogP contribution in [0.5, 0.6) is 0 Å². The van der Waals surface area contributed by atoms with Crippen molar-refractivity contribution in [2.45, 2.75) is 37.4 Å². The summed E-state index contributed by atoms with van der Waals surface area (Å²) >= 11 is 0. The number of carbonyl (C=O) groups is 3. The van der Waals surface area contributed by atoms with Crippen LogP contribution in [0.2, 0.25) is 0 Å². The number of rotatable bonds is 5. The molecule has 0 radical (unpaired) electrons. The number of anilines is 1. The Balaban J connectivity index is 1.28. The van der Waals surface area contributed by atoms with Crippen molar-refractivity contribution >= 4 is 23.5 Å². The van der Waals surface area contributed by atoms with Crippen molar-refractivity contribution in [3.05, 3.63) is 59.9 Å². The topological polar surface area (TPSA) is 89.0 Å². The molecule has 0 aliphatic carbocycles. The van der Waals surface area contributed by atoms with Crippen LogP contribution >= 0.6 is 0 Å². The van der Waals surface area contributed by atoms with Gasteiger partial charge >= 0.3 is 23.6 Å². The maximum Gasteiger partial charge on any atom is 0.421 e. The summed E-state index contributed by atoms with van der Waals surface area (Å²) in [6.45, 7) is 3.34. The third kappa shape index (κ3) is 3.75. The molecule has 4 heterocycles. The Morgan fingerprint density at radius 2 is 1.78 bits per heavy atom. The van der Waals surface area contributed by atoms with E-state index < -0.39 is 23.6 Å². The Morgan fingerprint density at radius 3 is 2.56 bits per heavy atom. The first-order valence-corrected chi connectivity index (χ1v) is 11.1. The number of likely N-dealkylation sites (tertiary alicyclic amines) is 1. The van der Waals surface area contributed by atoms with Gasteiger partial charge in [-0.1, -0.05) is 24.3 Å². The predicted molar refractivity (Wildman–Crippen MR) is 115 cm³/mol. The zero-order valence-corrected chi connectivity index (χ0v) is 17.7. The van der Waals surface area contributed by atoms with Crippen molar-refractivity contribution in [3.63, 3.8) is 0 Å². The summed E-state index contributed by atoms with van der Waals surface area (Å²) < 4.78 is 10.2. The summed E-state index contributed by atoms with van der Waals surface area (Å²) in [4.78, 5) is 44.9. The number of amides is 1. The van der Waals surface area contributed by atoms with E-state index in [0.717, 1.165) is 49.4 Å². The number of benzene rings is 1. The number of nitrogens with zero attached hydrogens (tertiary/aromatic N) is 3. The molecule has 1 atom stereocenters. The minimum atomic E-state index is -1.82. The van der Waals surface area contributed by atoms with Gasteiger partial charge in [-0.2, -0.15) is 0 Å². The van der Waals surface area contributed by atoms with Gasteiger partial charge in [-0.3, -0.25) is 9.78 Å². The number of ether oxygens (including phenoxy) is 2.